The number of methoxy groups -OCH3 is 1. The standard InChI is InChI=1S/C24H26N4O4S/c1-3-32-20-8-4-17(5-9-20)24(30)28-14-12-16(13-15-28)22-26-27-23(33-22)21(29)25-18-6-10-19(31-2)11-7-18/h4-11,16H,3,12-15H2,1-2H3,(H,25,29). The number of ether oxygens (including phenoxy) is 2. The van der Waals surface area contributed by atoms with Crippen LogP contribution in [0.5, 0.6) is 11.5 Å². The smallest absolute Gasteiger partial charge is 0.286 e. The average molecular weight is 467 g/mol. The van der Waals surface area contributed by atoms with Gasteiger partial charge in [0.15, 0.2) is 0 Å². The number of carbonyl (C=O) groups is 2. The van der Waals surface area contributed by atoms with Crippen molar-refractivity contribution in [3.8, 4) is 11.5 Å². The zero-order valence-electron chi connectivity index (χ0n) is 18.6. The highest BCUT2D eigenvalue weighted by Gasteiger charge is 2.27. The van der Waals surface area contributed by atoms with Crippen molar-refractivity contribution in [2.75, 3.05) is 32.1 Å². The lowest BCUT2D eigenvalue weighted by Gasteiger charge is -2.31. The molecule has 2 heterocycles. The van der Waals surface area contributed by atoms with Crippen molar-refractivity contribution in [1.82, 2.24) is 15.1 Å². The van der Waals surface area contributed by atoms with Crippen LogP contribution < -0.4 is 14.8 Å². The van der Waals surface area contributed by atoms with Gasteiger partial charge in [-0.3, -0.25) is 9.59 Å². The van der Waals surface area contributed by atoms with Gasteiger partial charge in [0.2, 0.25) is 5.01 Å². The molecule has 172 valence electrons. The molecule has 33 heavy (non-hydrogen) atoms. The highest BCUT2D eigenvalue weighted by molar-refractivity contribution is 7.13. The minimum atomic E-state index is -0.285. The second-order valence-corrected chi connectivity index (χ2v) is 8.66. The van der Waals surface area contributed by atoms with Gasteiger partial charge >= 0.3 is 0 Å². The van der Waals surface area contributed by atoms with Gasteiger partial charge < -0.3 is 19.7 Å². The highest BCUT2D eigenvalue weighted by Crippen LogP contribution is 2.31. The van der Waals surface area contributed by atoms with E-state index in [-0.39, 0.29) is 17.7 Å². The third-order valence-electron chi connectivity index (χ3n) is 5.53. The first-order chi connectivity index (χ1) is 16.1. The molecular formula is C24H26N4O4S. The van der Waals surface area contributed by atoms with E-state index >= 15 is 0 Å². The fourth-order valence-electron chi connectivity index (χ4n) is 3.72. The van der Waals surface area contributed by atoms with E-state index in [4.69, 9.17) is 9.47 Å². The maximum absolute atomic E-state index is 12.8. The molecule has 0 spiro atoms. The summed E-state index contributed by atoms with van der Waals surface area (Å²) in [7, 11) is 1.59. The van der Waals surface area contributed by atoms with Crippen LogP contribution >= 0.6 is 11.3 Å². The molecule has 8 nitrogen and oxygen atoms in total. The Labute approximate surface area is 196 Å². The van der Waals surface area contributed by atoms with E-state index in [0.29, 0.717) is 36.0 Å². The van der Waals surface area contributed by atoms with E-state index in [1.807, 2.05) is 24.0 Å². The predicted molar refractivity (Wildman–Crippen MR) is 126 cm³/mol. The number of carbonyl (C=O) groups excluding carboxylic acids is 2. The Morgan fingerprint density at radius 1 is 1.03 bits per heavy atom. The van der Waals surface area contributed by atoms with Crippen LogP contribution in [-0.4, -0.2) is 53.7 Å². The summed E-state index contributed by atoms with van der Waals surface area (Å²) in [4.78, 5) is 27.2. The molecule has 1 aromatic heterocycles. The predicted octanol–water partition coefficient (Wildman–Crippen LogP) is 4.22. The van der Waals surface area contributed by atoms with E-state index in [0.717, 1.165) is 29.3 Å². The maximum atomic E-state index is 12.8. The van der Waals surface area contributed by atoms with Crippen molar-refractivity contribution in [2.45, 2.75) is 25.7 Å². The number of hydrogen-bond donors (Lipinski definition) is 1. The van der Waals surface area contributed by atoms with Crippen molar-refractivity contribution in [1.29, 1.82) is 0 Å². The van der Waals surface area contributed by atoms with Gasteiger partial charge in [0.25, 0.3) is 11.8 Å². The fourth-order valence-corrected chi connectivity index (χ4v) is 4.63. The van der Waals surface area contributed by atoms with Gasteiger partial charge in [0.05, 0.1) is 13.7 Å². The summed E-state index contributed by atoms with van der Waals surface area (Å²) in [6.07, 6.45) is 1.58. The Morgan fingerprint density at radius 2 is 1.70 bits per heavy atom. The van der Waals surface area contributed by atoms with E-state index in [1.165, 1.54) is 11.3 Å². The first kappa shape index (κ1) is 22.7. The van der Waals surface area contributed by atoms with E-state index in [1.54, 1.807) is 43.5 Å². The molecule has 1 saturated heterocycles. The van der Waals surface area contributed by atoms with Crippen LogP contribution in [0.1, 0.15) is 50.9 Å². The molecule has 9 heteroatoms. The molecule has 0 unspecified atom stereocenters. The summed E-state index contributed by atoms with van der Waals surface area (Å²) in [5.41, 5.74) is 1.32. The normalized spacial score (nSPS) is 14.1. The number of nitrogens with zero attached hydrogens (tertiary/aromatic N) is 3. The molecule has 0 saturated carbocycles. The van der Waals surface area contributed by atoms with Crippen molar-refractivity contribution in [3.63, 3.8) is 0 Å². The Kier molecular flexibility index (Phi) is 7.19. The van der Waals surface area contributed by atoms with Crippen LogP contribution in [0, 0.1) is 0 Å². The quantitative estimate of drug-likeness (QED) is 0.560. The molecule has 4 rings (SSSR count). The van der Waals surface area contributed by atoms with Crippen LogP contribution in [0.3, 0.4) is 0 Å². The van der Waals surface area contributed by atoms with Crippen molar-refractivity contribution >= 4 is 28.8 Å². The fraction of sp³-hybridized carbons (Fsp3) is 0.333. The number of likely N-dealkylation sites (tertiary alicyclic amines) is 1. The Hall–Kier alpha value is -3.46. The minimum absolute atomic E-state index is 0.0216. The molecule has 2 aromatic carbocycles. The Balaban J connectivity index is 1.31. The SMILES string of the molecule is CCOc1ccc(C(=O)N2CCC(c3nnc(C(=O)Nc4ccc(OC)cc4)s3)CC2)cc1. The van der Waals surface area contributed by atoms with Gasteiger partial charge in [-0.2, -0.15) is 0 Å². The second kappa shape index (κ2) is 10.4. The molecular weight excluding hydrogens is 440 g/mol. The van der Waals surface area contributed by atoms with Crippen LogP contribution in [0.4, 0.5) is 5.69 Å². The Morgan fingerprint density at radius 3 is 2.33 bits per heavy atom. The number of nitrogens with one attached hydrogen (secondary N) is 1. The van der Waals surface area contributed by atoms with Crippen molar-refractivity contribution < 1.29 is 19.1 Å². The molecule has 1 aliphatic rings. The van der Waals surface area contributed by atoms with Crippen molar-refractivity contribution in [2.24, 2.45) is 0 Å². The molecule has 0 radical (unpaired) electrons. The summed E-state index contributed by atoms with van der Waals surface area (Å²) in [6, 6.07) is 14.4. The molecule has 1 fully saturated rings. The van der Waals surface area contributed by atoms with Crippen molar-refractivity contribution in [3.05, 3.63) is 64.1 Å². The van der Waals surface area contributed by atoms with E-state index in [2.05, 4.69) is 15.5 Å². The second-order valence-electron chi connectivity index (χ2n) is 7.65. The molecule has 1 aliphatic heterocycles. The van der Waals surface area contributed by atoms with Gasteiger partial charge in [-0.15, -0.1) is 10.2 Å². The third kappa shape index (κ3) is 5.48. The zero-order valence-corrected chi connectivity index (χ0v) is 19.4. The monoisotopic (exact) mass is 466 g/mol. The zero-order chi connectivity index (χ0) is 23.2. The van der Waals surface area contributed by atoms with Crippen LogP contribution in [0.2, 0.25) is 0 Å². The summed E-state index contributed by atoms with van der Waals surface area (Å²) >= 11 is 1.31. The molecule has 0 bridgehead atoms. The number of piperidine rings is 1. The Bertz CT molecular complexity index is 1090. The van der Waals surface area contributed by atoms with E-state index in [9.17, 15) is 9.59 Å². The van der Waals surface area contributed by atoms with Crippen LogP contribution in [0.15, 0.2) is 48.5 Å². The summed E-state index contributed by atoms with van der Waals surface area (Å²) in [5, 5.41) is 12.3. The van der Waals surface area contributed by atoms with Gasteiger partial charge in [0, 0.05) is 30.3 Å². The average Bonchev–Trinajstić information content (AvgIpc) is 3.35. The summed E-state index contributed by atoms with van der Waals surface area (Å²) in [6.45, 7) is 3.81. The number of aromatic nitrogens is 2. The number of anilines is 1. The van der Waals surface area contributed by atoms with Crippen LogP contribution in [0.25, 0.3) is 0 Å². The lowest BCUT2D eigenvalue weighted by Crippen LogP contribution is -2.37. The van der Waals surface area contributed by atoms with Gasteiger partial charge in [-0.1, -0.05) is 11.3 Å². The highest BCUT2D eigenvalue weighted by atomic mass is 32.1. The molecule has 3 aromatic rings. The lowest BCUT2D eigenvalue weighted by atomic mass is 9.97. The topological polar surface area (TPSA) is 93.7 Å². The summed E-state index contributed by atoms with van der Waals surface area (Å²) in [5.74, 6) is 1.41. The van der Waals surface area contributed by atoms with Gasteiger partial charge in [-0.25, -0.2) is 0 Å². The maximum Gasteiger partial charge on any atom is 0.286 e. The molecule has 0 aliphatic carbocycles. The lowest BCUT2D eigenvalue weighted by molar-refractivity contribution is 0.0712. The number of amides is 2. The largest absolute Gasteiger partial charge is 0.497 e. The van der Waals surface area contributed by atoms with Gasteiger partial charge in [0.1, 0.15) is 16.5 Å². The van der Waals surface area contributed by atoms with Gasteiger partial charge in [-0.05, 0) is 68.3 Å². The first-order valence-electron chi connectivity index (χ1n) is 10.9. The van der Waals surface area contributed by atoms with E-state index < -0.39 is 0 Å². The number of benzene rings is 2. The first-order valence-corrected chi connectivity index (χ1v) is 11.7. The van der Waals surface area contributed by atoms with Crippen LogP contribution in [-0.2, 0) is 0 Å². The summed E-state index contributed by atoms with van der Waals surface area (Å²) < 4.78 is 10.6. The number of hydrogen-bond acceptors (Lipinski definition) is 7. The molecule has 0 atom stereocenters. The molecule has 2 amide bonds. The molecule has 1 N–H and O–H groups in total. The third-order valence-corrected chi connectivity index (χ3v) is 6.61. The minimum Gasteiger partial charge on any atom is -0.497 e. The number of rotatable bonds is 7.